The summed E-state index contributed by atoms with van der Waals surface area (Å²) in [6, 6.07) is 13.5. The van der Waals surface area contributed by atoms with Gasteiger partial charge in [-0.1, -0.05) is 11.6 Å². The Labute approximate surface area is 189 Å². The van der Waals surface area contributed by atoms with Crippen molar-refractivity contribution in [2.45, 2.75) is 0 Å². The Morgan fingerprint density at radius 2 is 1.78 bits per heavy atom. The third-order valence-corrected chi connectivity index (χ3v) is 5.55. The molecule has 2 aromatic carbocycles. The van der Waals surface area contributed by atoms with Crippen LogP contribution in [0.4, 0.5) is 11.5 Å². The van der Waals surface area contributed by atoms with Crippen LogP contribution in [-0.2, 0) is 0 Å². The minimum absolute atomic E-state index is 0.000205. The van der Waals surface area contributed by atoms with Gasteiger partial charge in [0.15, 0.2) is 0 Å². The van der Waals surface area contributed by atoms with E-state index in [4.69, 9.17) is 16.3 Å². The summed E-state index contributed by atoms with van der Waals surface area (Å²) in [7, 11) is 1.62. The van der Waals surface area contributed by atoms with Crippen molar-refractivity contribution in [1.29, 1.82) is 0 Å². The molecule has 0 bridgehead atoms. The molecule has 0 unspecified atom stereocenters. The quantitative estimate of drug-likeness (QED) is 0.429. The van der Waals surface area contributed by atoms with Crippen molar-refractivity contribution in [3.63, 3.8) is 0 Å². The van der Waals surface area contributed by atoms with E-state index in [0.29, 0.717) is 26.2 Å². The van der Waals surface area contributed by atoms with Crippen LogP contribution in [0.1, 0.15) is 10.4 Å². The minimum Gasteiger partial charge on any atom is -0.497 e. The number of methoxy groups -OCH3 is 1. The standard InChI is InChI=1S/C22H20ClN5O4/c1-32-17-5-2-15(3-6-17)19-13-21(25-14-24-19)26-8-10-27(11-9-26)22(29)18-12-16(23)4-7-20(18)28(30)31/h2-7,12-14H,8-11H2,1H3. The molecule has 1 fully saturated rings. The molecule has 1 aliphatic rings. The molecule has 32 heavy (non-hydrogen) atoms. The molecule has 0 spiro atoms. The van der Waals surface area contributed by atoms with E-state index in [0.717, 1.165) is 22.8 Å². The first-order chi connectivity index (χ1) is 15.5. The van der Waals surface area contributed by atoms with Gasteiger partial charge in [0, 0.05) is 48.9 Å². The Balaban J connectivity index is 1.47. The van der Waals surface area contributed by atoms with Crippen molar-refractivity contribution in [1.82, 2.24) is 14.9 Å². The maximum Gasteiger partial charge on any atom is 0.282 e. The molecule has 9 nitrogen and oxygen atoms in total. The highest BCUT2D eigenvalue weighted by Gasteiger charge is 2.28. The van der Waals surface area contributed by atoms with Crippen LogP contribution in [0.3, 0.4) is 0 Å². The van der Waals surface area contributed by atoms with Crippen molar-refractivity contribution in [3.8, 4) is 17.0 Å². The number of amides is 1. The normalized spacial score (nSPS) is 13.7. The number of carbonyl (C=O) groups is 1. The van der Waals surface area contributed by atoms with Crippen LogP contribution in [0.2, 0.25) is 5.02 Å². The zero-order valence-electron chi connectivity index (χ0n) is 17.3. The zero-order chi connectivity index (χ0) is 22.7. The third kappa shape index (κ3) is 4.47. The van der Waals surface area contributed by atoms with Gasteiger partial charge < -0.3 is 14.5 Å². The fraction of sp³-hybridized carbons (Fsp3) is 0.227. The van der Waals surface area contributed by atoms with Crippen molar-refractivity contribution >= 4 is 29.0 Å². The number of halogens is 1. The number of anilines is 1. The average molecular weight is 454 g/mol. The van der Waals surface area contributed by atoms with E-state index in [9.17, 15) is 14.9 Å². The predicted molar refractivity (Wildman–Crippen MR) is 120 cm³/mol. The van der Waals surface area contributed by atoms with E-state index in [1.165, 1.54) is 24.5 Å². The fourth-order valence-electron chi connectivity index (χ4n) is 3.59. The first-order valence-electron chi connectivity index (χ1n) is 9.91. The summed E-state index contributed by atoms with van der Waals surface area (Å²) in [5.74, 6) is 1.12. The van der Waals surface area contributed by atoms with Crippen LogP contribution in [0.5, 0.6) is 5.75 Å². The molecular formula is C22H20ClN5O4. The van der Waals surface area contributed by atoms with Gasteiger partial charge >= 0.3 is 0 Å². The molecule has 4 rings (SSSR count). The van der Waals surface area contributed by atoms with Gasteiger partial charge in [-0.3, -0.25) is 14.9 Å². The summed E-state index contributed by atoms with van der Waals surface area (Å²) in [6.07, 6.45) is 1.52. The molecule has 10 heteroatoms. The number of nitro groups is 1. The van der Waals surface area contributed by atoms with Crippen molar-refractivity contribution < 1.29 is 14.5 Å². The smallest absolute Gasteiger partial charge is 0.282 e. The molecule has 1 amide bonds. The van der Waals surface area contributed by atoms with Crippen LogP contribution < -0.4 is 9.64 Å². The summed E-state index contributed by atoms with van der Waals surface area (Å²) >= 11 is 5.97. The van der Waals surface area contributed by atoms with Gasteiger partial charge in [0.05, 0.1) is 17.7 Å². The number of ether oxygens (including phenoxy) is 1. The Morgan fingerprint density at radius 1 is 1.06 bits per heavy atom. The highest BCUT2D eigenvalue weighted by Crippen LogP contribution is 2.26. The number of aromatic nitrogens is 2. The minimum atomic E-state index is -0.568. The SMILES string of the molecule is COc1ccc(-c2cc(N3CCN(C(=O)c4cc(Cl)ccc4[N+](=O)[O-])CC3)ncn2)cc1. The Hall–Kier alpha value is -3.72. The summed E-state index contributed by atoms with van der Waals surface area (Å²) in [5.41, 5.74) is 1.48. The molecule has 0 saturated carbocycles. The first kappa shape index (κ1) is 21.5. The number of nitro benzene ring substituents is 1. The monoisotopic (exact) mass is 453 g/mol. The van der Waals surface area contributed by atoms with Crippen LogP contribution in [0, 0.1) is 10.1 Å². The van der Waals surface area contributed by atoms with E-state index in [-0.39, 0.29) is 16.3 Å². The molecule has 0 N–H and O–H groups in total. The lowest BCUT2D eigenvalue weighted by molar-refractivity contribution is -0.385. The van der Waals surface area contributed by atoms with Crippen LogP contribution in [0.15, 0.2) is 54.9 Å². The summed E-state index contributed by atoms with van der Waals surface area (Å²) in [6.45, 7) is 1.90. The van der Waals surface area contributed by atoms with Gasteiger partial charge in [0.1, 0.15) is 23.5 Å². The predicted octanol–water partition coefficient (Wildman–Crippen LogP) is 3.68. The molecule has 3 aromatic rings. The van der Waals surface area contributed by atoms with Crippen molar-refractivity contribution in [3.05, 3.63) is 75.6 Å². The number of benzene rings is 2. The Morgan fingerprint density at radius 3 is 2.44 bits per heavy atom. The molecule has 2 heterocycles. The maximum absolute atomic E-state index is 12.9. The Bertz CT molecular complexity index is 1150. The molecule has 0 radical (unpaired) electrons. The van der Waals surface area contributed by atoms with Crippen LogP contribution in [-0.4, -0.2) is 59.0 Å². The van der Waals surface area contributed by atoms with Gasteiger partial charge in [-0.05, 0) is 36.4 Å². The topological polar surface area (TPSA) is 102 Å². The second-order valence-electron chi connectivity index (χ2n) is 7.19. The van der Waals surface area contributed by atoms with Gasteiger partial charge in [-0.25, -0.2) is 9.97 Å². The van der Waals surface area contributed by atoms with Crippen LogP contribution >= 0.6 is 11.6 Å². The molecule has 1 saturated heterocycles. The number of hydrogen-bond donors (Lipinski definition) is 0. The van der Waals surface area contributed by atoms with E-state index >= 15 is 0 Å². The second-order valence-corrected chi connectivity index (χ2v) is 7.62. The third-order valence-electron chi connectivity index (χ3n) is 5.32. The lowest BCUT2D eigenvalue weighted by Gasteiger charge is -2.35. The largest absolute Gasteiger partial charge is 0.497 e. The summed E-state index contributed by atoms with van der Waals surface area (Å²) in [5, 5.41) is 11.6. The molecule has 164 valence electrons. The van der Waals surface area contributed by atoms with E-state index in [1.54, 1.807) is 12.0 Å². The van der Waals surface area contributed by atoms with Crippen molar-refractivity contribution in [2.24, 2.45) is 0 Å². The van der Waals surface area contributed by atoms with E-state index < -0.39 is 10.8 Å². The molecule has 0 aliphatic carbocycles. The van der Waals surface area contributed by atoms with Crippen LogP contribution in [0.25, 0.3) is 11.3 Å². The number of carbonyl (C=O) groups excluding carboxylic acids is 1. The van der Waals surface area contributed by atoms with Gasteiger partial charge in [0.2, 0.25) is 0 Å². The number of piperazine rings is 1. The maximum atomic E-state index is 12.9. The lowest BCUT2D eigenvalue weighted by atomic mass is 10.1. The van der Waals surface area contributed by atoms with Gasteiger partial charge in [-0.2, -0.15) is 0 Å². The summed E-state index contributed by atoms with van der Waals surface area (Å²) < 4.78 is 5.19. The second kappa shape index (κ2) is 9.19. The highest BCUT2D eigenvalue weighted by molar-refractivity contribution is 6.31. The molecule has 0 atom stereocenters. The molecule has 1 aliphatic heterocycles. The van der Waals surface area contributed by atoms with Gasteiger partial charge in [-0.15, -0.1) is 0 Å². The fourth-order valence-corrected chi connectivity index (χ4v) is 3.76. The van der Waals surface area contributed by atoms with E-state index in [1.807, 2.05) is 30.3 Å². The lowest BCUT2D eigenvalue weighted by Crippen LogP contribution is -2.49. The number of rotatable bonds is 5. The van der Waals surface area contributed by atoms with E-state index in [2.05, 4.69) is 14.9 Å². The summed E-state index contributed by atoms with van der Waals surface area (Å²) in [4.78, 5) is 36.1. The van der Waals surface area contributed by atoms with Crippen molar-refractivity contribution in [2.75, 3.05) is 38.2 Å². The highest BCUT2D eigenvalue weighted by atomic mass is 35.5. The van der Waals surface area contributed by atoms with Gasteiger partial charge in [0.25, 0.3) is 11.6 Å². The Kier molecular flexibility index (Phi) is 6.18. The molecule has 1 aromatic heterocycles. The molecular weight excluding hydrogens is 434 g/mol. The first-order valence-corrected chi connectivity index (χ1v) is 10.3. The number of hydrogen-bond acceptors (Lipinski definition) is 7. The number of nitrogens with zero attached hydrogens (tertiary/aromatic N) is 5. The zero-order valence-corrected chi connectivity index (χ0v) is 18.0. The average Bonchev–Trinajstić information content (AvgIpc) is 2.83.